The van der Waals surface area contributed by atoms with Crippen molar-refractivity contribution in [3.05, 3.63) is 48.3 Å². The molecule has 0 aliphatic carbocycles. The maximum Gasteiger partial charge on any atom is 0.352 e. The van der Waals surface area contributed by atoms with E-state index in [1.54, 1.807) is 12.1 Å². The van der Waals surface area contributed by atoms with Gasteiger partial charge in [-0.25, -0.2) is 4.79 Å². The average Bonchev–Trinajstić information content (AvgIpc) is 3.25. The first kappa shape index (κ1) is 19.9. The van der Waals surface area contributed by atoms with Gasteiger partial charge in [-0.2, -0.15) is 0 Å². The number of phenols is 4. The monoisotopic (exact) mass is 398 g/mol. The molecule has 0 saturated heterocycles. The quantitative estimate of drug-likeness (QED) is 0.286. The van der Waals surface area contributed by atoms with Crippen molar-refractivity contribution < 1.29 is 30.3 Å². The van der Waals surface area contributed by atoms with Crippen LogP contribution in [-0.2, 0) is 6.54 Å². The van der Waals surface area contributed by atoms with E-state index in [-0.39, 0.29) is 28.7 Å². The largest absolute Gasteiger partial charge is 0.504 e. The first-order valence-corrected chi connectivity index (χ1v) is 9.09. The number of hydrogen-bond acceptors (Lipinski definition) is 5. The number of aromatic amines is 1. The van der Waals surface area contributed by atoms with E-state index < -0.39 is 5.97 Å². The Hall–Kier alpha value is -3.81. The molecule has 4 rings (SSSR count). The van der Waals surface area contributed by atoms with Gasteiger partial charge >= 0.3 is 5.97 Å². The molecule has 2 aromatic carbocycles. The molecular weight excluding hydrogens is 376 g/mol. The zero-order valence-corrected chi connectivity index (χ0v) is 15.8. The van der Waals surface area contributed by atoms with E-state index in [2.05, 4.69) is 16.5 Å². The fourth-order valence-corrected chi connectivity index (χ4v) is 3.01. The van der Waals surface area contributed by atoms with E-state index in [0.717, 1.165) is 30.3 Å². The number of fused-ring (bicyclic) bond motifs is 2. The topological polar surface area (TPSA) is 139 Å². The second-order valence-electron chi connectivity index (χ2n) is 6.68. The Kier molecular flexibility index (Phi) is 5.54. The van der Waals surface area contributed by atoms with Crippen molar-refractivity contribution >= 4 is 27.8 Å². The third kappa shape index (κ3) is 4.21. The summed E-state index contributed by atoms with van der Waals surface area (Å²) in [7, 11) is 0. The number of aryl methyl sites for hydroxylation is 1. The van der Waals surface area contributed by atoms with Crippen LogP contribution in [0.3, 0.4) is 0 Å². The minimum Gasteiger partial charge on any atom is -0.504 e. The number of aromatic nitrogens is 2. The van der Waals surface area contributed by atoms with Crippen LogP contribution in [0.1, 0.15) is 30.3 Å². The van der Waals surface area contributed by atoms with Gasteiger partial charge in [-0.05, 0) is 30.7 Å². The van der Waals surface area contributed by atoms with Crippen molar-refractivity contribution in [2.45, 2.75) is 26.3 Å². The summed E-state index contributed by atoms with van der Waals surface area (Å²) in [5.41, 5.74) is 1.46. The Bertz CT molecular complexity index is 1140. The number of unbranched alkanes of at least 4 members (excludes halogenated alkanes) is 1. The third-order valence-electron chi connectivity index (χ3n) is 4.57. The number of nitrogens with one attached hydrogen (secondary N) is 1. The van der Waals surface area contributed by atoms with Gasteiger partial charge in [0.25, 0.3) is 0 Å². The van der Waals surface area contributed by atoms with Gasteiger partial charge in [0, 0.05) is 35.6 Å². The average molecular weight is 398 g/mol. The lowest BCUT2D eigenvalue weighted by molar-refractivity contribution is 0.0691. The SMILES string of the molecule is CCCCn1ccc2cc(O)c(O)cc21.O=C(O)c1cc2cc(O)c(O)cc2[nH]1. The van der Waals surface area contributed by atoms with Crippen LogP contribution in [0.4, 0.5) is 0 Å². The molecule has 8 nitrogen and oxygen atoms in total. The van der Waals surface area contributed by atoms with Crippen LogP contribution in [0.15, 0.2) is 42.6 Å². The van der Waals surface area contributed by atoms with Crippen molar-refractivity contribution in [1.29, 1.82) is 0 Å². The molecule has 0 fully saturated rings. The van der Waals surface area contributed by atoms with Crippen LogP contribution in [-0.4, -0.2) is 41.1 Å². The lowest BCUT2D eigenvalue weighted by Crippen LogP contribution is -1.94. The number of phenolic OH excluding ortho intramolecular Hbond substituents is 4. The summed E-state index contributed by atoms with van der Waals surface area (Å²) in [5.74, 6) is -1.75. The number of hydrogen-bond donors (Lipinski definition) is 6. The molecule has 0 aliphatic heterocycles. The normalized spacial score (nSPS) is 10.8. The van der Waals surface area contributed by atoms with Crippen LogP contribution >= 0.6 is 0 Å². The molecule has 0 amide bonds. The molecule has 0 radical (unpaired) electrons. The number of carbonyl (C=O) groups is 1. The van der Waals surface area contributed by atoms with Gasteiger partial charge in [-0.15, -0.1) is 0 Å². The Balaban J connectivity index is 0.000000166. The highest BCUT2D eigenvalue weighted by Crippen LogP contribution is 2.31. The highest BCUT2D eigenvalue weighted by molar-refractivity contribution is 5.94. The van der Waals surface area contributed by atoms with E-state index >= 15 is 0 Å². The molecule has 4 aromatic rings. The fourth-order valence-electron chi connectivity index (χ4n) is 3.01. The van der Waals surface area contributed by atoms with Crippen LogP contribution in [0.5, 0.6) is 23.0 Å². The van der Waals surface area contributed by atoms with Crippen molar-refractivity contribution in [3.63, 3.8) is 0 Å². The lowest BCUT2D eigenvalue weighted by atomic mass is 10.2. The van der Waals surface area contributed by atoms with Crippen molar-refractivity contribution in [2.75, 3.05) is 0 Å². The van der Waals surface area contributed by atoms with E-state index in [4.69, 9.17) is 15.3 Å². The Morgan fingerprint density at radius 1 is 0.931 bits per heavy atom. The summed E-state index contributed by atoms with van der Waals surface area (Å²) in [5, 5.41) is 47.2. The van der Waals surface area contributed by atoms with Gasteiger partial charge in [0.1, 0.15) is 5.69 Å². The molecule has 0 bridgehead atoms. The molecule has 0 saturated carbocycles. The predicted octanol–water partition coefficient (Wildman–Crippen LogP) is 4.13. The number of carboxylic acids is 1. The number of aromatic hydroxyl groups is 4. The molecule has 29 heavy (non-hydrogen) atoms. The molecule has 0 spiro atoms. The predicted molar refractivity (Wildman–Crippen MR) is 109 cm³/mol. The minimum absolute atomic E-state index is 0.0185. The molecule has 0 aliphatic rings. The van der Waals surface area contributed by atoms with E-state index in [1.807, 2.05) is 12.3 Å². The van der Waals surface area contributed by atoms with Gasteiger partial charge in [-0.3, -0.25) is 0 Å². The summed E-state index contributed by atoms with van der Waals surface area (Å²) >= 11 is 0. The van der Waals surface area contributed by atoms with Gasteiger partial charge < -0.3 is 35.1 Å². The maximum atomic E-state index is 10.6. The van der Waals surface area contributed by atoms with E-state index in [1.165, 1.54) is 18.2 Å². The van der Waals surface area contributed by atoms with Gasteiger partial charge in [0.2, 0.25) is 0 Å². The van der Waals surface area contributed by atoms with E-state index in [9.17, 15) is 15.0 Å². The third-order valence-corrected chi connectivity index (χ3v) is 4.57. The number of aromatic carboxylic acids is 1. The van der Waals surface area contributed by atoms with Crippen molar-refractivity contribution in [1.82, 2.24) is 9.55 Å². The molecule has 152 valence electrons. The lowest BCUT2D eigenvalue weighted by Gasteiger charge is -2.05. The zero-order valence-electron chi connectivity index (χ0n) is 15.8. The van der Waals surface area contributed by atoms with Crippen LogP contribution in [0, 0.1) is 0 Å². The number of carboxylic acid groups (broad SMARTS) is 1. The number of nitrogens with zero attached hydrogens (tertiary/aromatic N) is 1. The van der Waals surface area contributed by atoms with Crippen LogP contribution < -0.4 is 0 Å². The molecule has 0 unspecified atom stereocenters. The fraction of sp³-hybridized carbons (Fsp3) is 0.190. The number of benzene rings is 2. The summed E-state index contributed by atoms with van der Waals surface area (Å²) in [6, 6.07) is 9.11. The molecule has 0 atom stereocenters. The minimum atomic E-state index is -1.08. The first-order chi connectivity index (χ1) is 13.8. The second-order valence-corrected chi connectivity index (χ2v) is 6.68. The van der Waals surface area contributed by atoms with Gasteiger partial charge in [0.15, 0.2) is 23.0 Å². The van der Waals surface area contributed by atoms with Gasteiger partial charge in [-0.1, -0.05) is 13.3 Å². The molecule has 8 heteroatoms. The second kappa shape index (κ2) is 8.05. The summed E-state index contributed by atoms with van der Waals surface area (Å²) in [6.07, 6.45) is 4.24. The Labute approximate surface area is 165 Å². The summed E-state index contributed by atoms with van der Waals surface area (Å²) in [4.78, 5) is 13.2. The molecule has 2 aromatic heterocycles. The number of rotatable bonds is 4. The van der Waals surface area contributed by atoms with Crippen molar-refractivity contribution in [2.24, 2.45) is 0 Å². The molecule has 6 N–H and O–H groups in total. The zero-order chi connectivity index (χ0) is 21.1. The standard InChI is InChI=1S/C12H15NO2.C9H7NO4/c1-2-3-5-13-6-4-9-7-11(14)12(15)8-10(9)13;11-7-2-4-1-6(9(13)14)10-5(4)3-8(7)12/h4,6-8,14-15H,2-3,5H2,1H3;1-3,10-12H,(H,13,14). The highest BCUT2D eigenvalue weighted by atomic mass is 16.4. The van der Waals surface area contributed by atoms with E-state index in [0.29, 0.717) is 10.9 Å². The molecular formula is C21H22N2O6. The van der Waals surface area contributed by atoms with Crippen molar-refractivity contribution in [3.8, 4) is 23.0 Å². The smallest absolute Gasteiger partial charge is 0.352 e. The summed E-state index contributed by atoms with van der Waals surface area (Å²) in [6.45, 7) is 3.10. The number of H-pyrrole nitrogens is 1. The Morgan fingerprint density at radius 3 is 2.21 bits per heavy atom. The first-order valence-electron chi connectivity index (χ1n) is 9.09. The van der Waals surface area contributed by atoms with Crippen LogP contribution in [0.25, 0.3) is 21.8 Å². The summed E-state index contributed by atoms with van der Waals surface area (Å²) < 4.78 is 2.10. The highest BCUT2D eigenvalue weighted by Gasteiger charge is 2.09. The Morgan fingerprint density at radius 2 is 1.55 bits per heavy atom. The molecule has 2 heterocycles. The van der Waals surface area contributed by atoms with Gasteiger partial charge in [0.05, 0.1) is 11.0 Å². The van der Waals surface area contributed by atoms with Crippen LogP contribution in [0.2, 0.25) is 0 Å². The maximum absolute atomic E-state index is 10.6.